The van der Waals surface area contributed by atoms with Gasteiger partial charge in [0.15, 0.2) is 5.78 Å². The van der Waals surface area contributed by atoms with Gasteiger partial charge in [-0.3, -0.25) is 4.79 Å². The Morgan fingerprint density at radius 3 is 2.58 bits per heavy atom. The topological polar surface area (TPSA) is 26.3 Å². The molecule has 0 heterocycles. The van der Waals surface area contributed by atoms with E-state index in [1.165, 1.54) is 25.1 Å². The highest BCUT2D eigenvalue weighted by molar-refractivity contribution is 8.00. The highest BCUT2D eigenvalue weighted by Gasteiger charge is 2.32. The van der Waals surface area contributed by atoms with Crippen molar-refractivity contribution >= 4 is 29.1 Å². The second kappa shape index (κ2) is 6.52. The van der Waals surface area contributed by atoms with E-state index in [-0.39, 0.29) is 40.4 Å². The fraction of sp³-hybridized carbons (Fsp3) is 0.417. The molecule has 0 bridgehead atoms. The number of benzene rings is 1. The van der Waals surface area contributed by atoms with E-state index in [9.17, 15) is 18.0 Å². The summed E-state index contributed by atoms with van der Waals surface area (Å²) in [4.78, 5) is 11.2. The molecule has 1 atom stereocenters. The Hall–Kier alpha value is -0.880. The minimum absolute atomic E-state index is 0.0162. The monoisotopic (exact) mass is 312 g/mol. The van der Waals surface area contributed by atoms with Crippen LogP contribution >= 0.6 is 23.4 Å². The van der Waals surface area contributed by atoms with Crippen LogP contribution in [-0.4, -0.2) is 17.9 Å². The lowest BCUT2D eigenvalue weighted by Gasteiger charge is -2.17. The zero-order valence-corrected chi connectivity index (χ0v) is 11.8. The van der Waals surface area contributed by atoms with Gasteiger partial charge in [0.2, 0.25) is 0 Å². The summed E-state index contributed by atoms with van der Waals surface area (Å²) in [5.74, 6) is -0.334. The number of ether oxygens (including phenoxy) is 1. The van der Waals surface area contributed by atoms with Crippen molar-refractivity contribution in [2.24, 2.45) is 0 Å². The molecule has 0 saturated carbocycles. The van der Waals surface area contributed by atoms with Gasteiger partial charge in [0.05, 0.1) is 11.5 Å². The Bertz CT molecular complexity index is 463. The molecule has 7 heteroatoms. The standard InChI is InChI=1S/C12H12ClF3O2S/c1-3-18-11-8(10(13)7(2)17)5-4-6-9(11)19-12(14,15)16/h4-6,10H,3H2,1-2H3. The summed E-state index contributed by atoms with van der Waals surface area (Å²) in [5.41, 5.74) is -4.17. The average Bonchev–Trinajstić information content (AvgIpc) is 2.28. The number of para-hydroxylation sites is 1. The summed E-state index contributed by atoms with van der Waals surface area (Å²) in [7, 11) is 0. The highest BCUT2D eigenvalue weighted by Crippen LogP contribution is 2.44. The summed E-state index contributed by atoms with van der Waals surface area (Å²) in [6.45, 7) is 3.11. The number of carbonyl (C=O) groups is 1. The Balaban J connectivity index is 3.25. The molecular weight excluding hydrogens is 301 g/mol. The molecule has 0 aliphatic heterocycles. The molecule has 0 aromatic heterocycles. The number of alkyl halides is 4. The van der Waals surface area contributed by atoms with Gasteiger partial charge in [-0.25, -0.2) is 0 Å². The molecule has 0 amide bonds. The van der Waals surface area contributed by atoms with Gasteiger partial charge in [0, 0.05) is 5.56 Å². The summed E-state index contributed by atoms with van der Waals surface area (Å²) >= 11 is 5.62. The number of hydrogen-bond acceptors (Lipinski definition) is 3. The zero-order chi connectivity index (χ0) is 14.6. The maximum atomic E-state index is 12.5. The quantitative estimate of drug-likeness (QED) is 0.588. The maximum absolute atomic E-state index is 12.5. The van der Waals surface area contributed by atoms with Gasteiger partial charge in [0.25, 0.3) is 0 Å². The fourth-order valence-corrected chi connectivity index (χ4v) is 2.29. The van der Waals surface area contributed by atoms with E-state index in [1.54, 1.807) is 6.92 Å². The second-order valence-electron chi connectivity index (χ2n) is 3.63. The molecule has 106 valence electrons. The van der Waals surface area contributed by atoms with E-state index in [2.05, 4.69) is 0 Å². The van der Waals surface area contributed by atoms with Crippen molar-refractivity contribution in [2.45, 2.75) is 29.6 Å². The van der Waals surface area contributed by atoms with E-state index in [0.29, 0.717) is 0 Å². The van der Waals surface area contributed by atoms with Crippen LogP contribution in [0.5, 0.6) is 5.75 Å². The summed E-state index contributed by atoms with van der Waals surface area (Å²) < 4.78 is 42.6. The van der Waals surface area contributed by atoms with Crippen LogP contribution in [0.1, 0.15) is 24.8 Å². The number of halogens is 4. The van der Waals surface area contributed by atoms with E-state index < -0.39 is 10.9 Å². The zero-order valence-electron chi connectivity index (χ0n) is 10.3. The third-order valence-electron chi connectivity index (χ3n) is 2.15. The number of rotatable bonds is 5. The Morgan fingerprint density at radius 1 is 1.47 bits per heavy atom. The number of hydrogen-bond donors (Lipinski definition) is 0. The number of carbonyl (C=O) groups excluding carboxylic acids is 1. The van der Waals surface area contributed by atoms with E-state index >= 15 is 0 Å². The Morgan fingerprint density at radius 2 is 2.11 bits per heavy atom. The number of Topliss-reactive ketones (excluding diaryl/α,β-unsaturated/α-hetero) is 1. The molecule has 1 unspecified atom stereocenters. The SMILES string of the molecule is CCOc1c(SC(F)(F)F)cccc1C(Cl)C(C)=O. The van der Waals surface area contributed by atoms with Crippen LogP contribution in [0, 0.1) is 0 Å². The minimum atomic E-state index is -4.43. The fourth-order valence-electron chi connectivity index (χ4n) is 1.46. The molecule has 1 aromatic carbocycles. The summed E-state index contributed by atoms with van der Waals surface area (Å²) in [6.07, 6.45) is 0. The van der Waals surface area contributed by atoms with Gasteiger partial charge < -0.3 is 4.74 Å². The predicted molar refractivity (Wildman–Crippen MR) is 68.8 cm³/mol. The average molecular weight is 313 g/mol. The first-order valence-corrected chi connectivity index (χ1v) is 6.67. The van der Waals surface area contributed by atoms with Crippen molar-refractivity contribution in [3.05, 3.63) is 23.8 Å². The lowest BCUT2D eigenvalue weighted by molar-refractivity contribution is -0.116. The first-order valence-electron chi connectivity index (χ1n) is 5.42. The minimum Gasteiger partial charge on any atom is -0.492 e. The molecule has 0 N–H and O–H groups in total. The van der Waals surface area contributed by atoms with E-state index in [1.807, 2.05) is 0 Å². The highest BCUT2D eigenvalue weighted by atomic mass is 35.5. The largest absolute Gasteiger partial charge is 0.492 e. The van der Waals surface area contributed by atoms with Crippen LogP contribution in [0.25, 0.3) is 0 Å². The maximum Gasteiger partial charge on any atom is 0.446 e. The van der Waals surface area contributed by atoms with E-state index in [0.717, 1.165) is 0 Å². The van der Waals surface area contributed by atoms with Gasteiger partial charge >= 0.3 is 5.51 Å². The van der Waals surface area contributed by atoms with Gasteiger partial charge in [-0.1, -0.05) is 12.1 Å². The second-order valence-corrected chi connectivity index (χ2v) is 5.17. The lowest BCUT2D eigenvalue weighted by atomic mass is 10.1. The third kappa shape index (κ3) is 4.62. The van der Waals surface area contributed by atoms with Crippen LogP contribution in [-0.2, 0) is 4.79 Å². The van der Waals surface area contributed by atoms with Crippen LogP contribution in [0.3, 0.4) is 0 Å². The van der Waals surface area contributed by atoms with Gasteiger partial charge in [-0.05, 0) is 31.7 Å². The molecule has 19 heavy (non-hydrogen) atoms. The van der Waals surface area contributed by atoms with Crippen molar-refractivity contribution in [3.8, 4) is 5.75 Å². The normalized spacial score (nSPS) is 13.2. The molecule has 1 rings (SSSR count). The molecule has 0 aliphatic carbocycles. The van der Waals surface area contributed by atoms with Crippen molar-refractivity contribution in [2.75, 3.05) is 6.61 Å². The Kier molecular flexibility index (Phi) is 5.55. The molecule has 0 aliphatic rings. The summed E-state index contributed by atoms with van der Waals surface area (Å²) in [5, 5.41) is -1.02. The van der Waals surface area contributed by atoms with Gasteiger partial charge in [-0.2, -0.15) is 13.2 Å². The van der Waals surface area contributed by atoms with Crippen LogP contribution in [0.2, 0.25) is 0 Å². The molecule has 0 saturated heterocycles. The van der Waals surface area contributed by atoms with Crippen LogP contribution in [0.15, 0.2) is 23.1 Å². The predicted octanol–water partition coefficient (Wildman–Crippen LogP) is 4.57. The molecule has 0 spiro atoms. The van der Waals surface area contributed by atoms with Crippen molar-refractivity contribution < 1.29 is 22.7 Å². The van der Waals surface area contributed by atoms with Crippen LogP contribution in [0.4, 0.5) is 13.2 Å². The lowest BCUT2D eigenvalue weighted by Crippen LogP contribution is -2.07. The Labute approximate surface area is 118 Å². The van der Waals surface area contributed by atoms with Crippen molar-refractivity contribution in [1.29, 1.82) is 0 Å². The molecular formula is C12H12ClF3O2S. The molecule has 1 aromatic rings. The van der Waals surface area contributed by atoms with E-state index in [4.69, 9.17) is 16.3 Å². The summed E-state index contributed by atoms with van der Waals surface area (Å²) in [6, 6.07) is 4.20. The van der Waals surface area contributed by atoms with Crippen molar-refractivity contribution in [3.63, 3.8) is 0 Å². The van der Waals surface area contributed by atoms with Crippen molar-refractivity contribution in [1.82, 2.24) is 0 Å². The number of ketones is 1. The number of thioether (sulfide) groups is 1. The van der Waals surface area contributed by atoms with Gasteiger partial charge in [0.1, 0.15) is 11.1 Å². The van der Waals surface area contributed by atoms with Crippen LogP contribution < -0.4 is 4.74 Å². The molecule has 0 radical (unpaired) electrons. The first-order chi connectivity index (χ1) is 8.76. The van der Waals surface area contributed by atoms with Gasteiger partial charge in [-0.15, -0.1) is 11.6 Å². The smallest absolute Gasteiger partial charge is 0.446 e. The molecule has 2 nitrogen and oxygen atoms in total. The first kappa shape index (κ1) is 16.2. The molecule has 0 fully saturated rings. The third-order valence-corrected chi connectivity index (χ3v) is 3.47.